The van der Waals surface area contributed by atoms with Gasteiger partial charge in [-0.25, -0.2) is 0 Å². The fourth-order valence-electron chi connectivity index (χ4n) is 3.47. The van der Waals surface area contributed by atoms with E-state index in [1.165, 1.54) is 62.2 Å². The van der Waals surface area contributed by atoms with Crippen LogP contribution < -0.4 is 0 Å². The minimum Gasteiger partial charge on any atom is -0.348 e. The molecule has 0 bridgehead atoms. The highest BCUT2D eigenvalue weighted by Crippen LogP contribution is 2.25. The summed E-state index contributed by atoms with van der Waals surface area (Å²) in [5.41, 5.74) is 4.33. The van der Waals surface area contributed by atoms with Crippen LogP contribution in [0.15, 0.2) is 24.3 Å². The Kier molecular flexibility index (Phi) is 4.32. The van der Waals surface area contributed by atoms with Gasteiger partial charge in [0.2, 0.25) is 0 Å². The summed E-state index contributed by atoms with van der Waals surface area (Å²) in [5, 5.41) is 1.44. The zero-order valence-electron chi connectivity index (χ0n) is 13.6. The Morgan fingerprint density at radius 2 is 1.71 bits per heavy atom. The molecule has 114 valence electrons. The third kappa shape index (κ3) is 2.99. The number of hydrogen-bond donors (Lipinski definition) is 0. The number of fused-ring (bicyclic) bond motifs is 1. The highest BCUT2D eigenvalue weighted by atomic mass is 15.2. The topological polar surface area (TPSA) is 11.4 Å². The average molecular weight is 285 g/mol. The lowest BCUT2D eigenvalue weighted by Gasteiger charge is -2.32. The van der Waals surface area contributed by atoms with E-state index >= 15 is 0 Å². The Balaban J connectivity index is 1.64. The molecule has 1 aliphatic rings. The van der Waals surface area contributed by atoms with E-state index in [9.17, 15) is 0 Å². The predicted octanol–water partition coefficient (Wildman–Crippen LogP) is 2.67. The zero-order valence-corrected chi connectivity index (χ0v) is 13.6. The van der Waals surface area contributed by atoms with E-state index in [0.717, 1.165) is 0 Å². The normalized spacial score (nSPS) is 17.7. The van der Waals surface area contributed by atoms with Crippen LogP contribution in [-0.2, 0) is 13.5 Å². The Morgan fingerprint density at radius 1 is 1.00 bits per heavy atom. The van der Waals surface area contributed by atoms with E-state index < -0.39 is 0 Å². The highest BCUT2D eigenvalue weighted by Gasteiger charge is 2.15. The van der Waals surface area contributed by atoms with E-state index in [-0.39, 0.29) is 0 Å². The molecule has 2 heterocycles. The smallest absolute Gasteiger partial charge is 0.0482 e. The van der Waals surface area contributed by atoms with E-state index in [1.54, 1.807) is 5.56 Å². The summed E-state index contributed by atoms with van der Waals surface area (Å²) in [6.45, 7) is 8.37. The standard InChI is InChI=1S/C18H27N3/c1-15-16(17-7-4-5-9-18(17)20(15)3)8-6-10-21-13-11-19(2)12-14-21/h4-5,7,9H,6,8,10-14H2,1-3H3. The Hall–Kier alpha value is -1.32. The number of para-hydroxylation sites is 1. The summed E-state index contributed by atoms with van der Waals surface area (Å²) < 4.78 is 2.33. The Morgan fingerprint density at radius 3 is 2.48 bits per heavy atom. The molecule has 0 aliphatic carbocycles. The Bertz CT molecular complexity index is 606. The monoisotopic (exact) mass is 285 g/mol. The predicted molar refractivity (Wildman–Crippen MR) is 89.9 cm³/mol. The first-order chi connectivity index (χ1) is 10.2. The van der Waals surface area contributed by atoms with Crippen molar-refractivity contribution >= 4 is 10.9 Å². The fraction of sp³-hybridized carbons (Fsp3) is 0.556. The van der Waals surface area contributed by atoms with Gasteiger partial charge in [-0.15, -0.1) is 0 Å². The van der Waals surface area contributed by atoms with Gasteiger partial charge in [-0.05, 0) is 45.0 Å². The van der Waals surface area contributed by atoms with Crippen molar-refractivity contribution in [2.75, 3.05) is 39.8 Å². The van der Waals surface area contributed by atoms with Crippen LogP contribution in [0.25, 0.3) is 10.9 Å². The second kappa shape index (κ2) is 6.20. The van der Waals surface area contributed by atoms with Crippen molar-refractivity contribution in [3.05, 3.63) is 35.5 Å². The van der Waals surface area contributed by atoms with Gasteiger partial charge in [-0.2, -0.15) is 0 Å². The third-order valence-electron chi connectivity index (χ3n) is 5.03. The molecule has 3 rings (SSSR count). The van der Waals surface area contributed by atoms with Crippen molar-refractivity contribution in [1.82, 2.24) is 14.4 Å². The molecule has 1 aliphatic heterocycles. The van der Waals surface area contributed by atoms with Gasteiger partial charge in [0.15, 0.2) is 0 Å². The summed E-state index contributed by atoms with van der Waals surface area (Å²) in [7, 11) is 4.40. The molecule has 0 saturated carbocycles. The lowest BCUT2D eigenvalue weighted by atomic mass is 10.1. The molecule has 0 N–H and O–H groups in total. The van der Waals surface area contributed by atoms with Gasteiger partial charge in [-0.3, -0.25) is 0 Å². The number of benzene rings is 1. The van der Waals surface area contributed by atoms with Crippen molar-refractivity contribution in [3.63, 3.8) is 0 Å². The van der Waals surface area contributed by atoms with Crippen LogP contribution in [0, 0.1) is 6.92 Å². The summed E-state index contributed by atoms with van der Waals surface area (Å²) in [4.78, 5) is 5.03. The highest BCUT2D eigenvalue weighted by molar-refractivity contribution is 5.85. The summed E-state index contributed by atoms with van der Waals surface area (Å²) in [5.74, 6) is 0. The molecule has 0 atom stereocenters. The van der Waals surface area contributed by atoms with Crippen LogP contribution in [0.5, 0.6) is 0 Å². The number of aromatic nitrogens is 1. The molecular weight excluding hydrogens is 258 g/mol. The van der Waals surface area contributed by atoms with Gasteiger partial charge in [0.1, 0.15) is 0 Å². The molecule has 2 aromatic rings. The maximum Gasteiger partial charge on any atom is 0.0482 e. The number of piperazine rings is 1. The van der Waals surface area contributed by atoms with Crippen LogP contribution in [-0.4, -0.2) is 54.1 Å². The number of aryl methyl sites for hydroxylation is 2. The SMILES string of the molecule is Cc1c(CCCN2CCN(C)CC2)c2ccccc2n1C. The largest absolute Gasteiger partial charge is 0.348 e. The maximum atomic E-state index is 2.61. The first-order valence-electron chi connectivity index (χ1n) is 8.10. The molecule has 1 saturated heterocycles. The first-order valence-corrected chi connectivity index (χ1v) is 8.10. The summed E-state index contributed by atoms with van der Waals surface area (Å²) >= 11 is 0. The molecule has 1 aromatic heterocycles. The molecule has 0 unspecified atom stereocenters. The van der Waals surface area contributed by atoms with Crippen LogP contribution in [0.1, 0.15) is 17.7 Å². The second-order valence-electron chi connectivity index (χ2n) is 6.39. The molecule has 3 nitrogen and oxygen atoms in total. The van der Waals surface area contributed by atoms with Crippen LogP contribution in [0.2, 0.25) is 0 Å². The van der Waals surface area contributed by atoms with Crippen molar-refractivity contribution in [3.8, 4) is 0 Å². The molecular formula is C18H27N3. The molecule has 21 heavy (non-hydrogen) atoms. The van der Waals surface area contributed by atoms with Gasteiger partial charge in [0, 0.05) is 49.8 Å². The van der Waals surface area contributed by atoms with Gasteiger partial charge in [0.25, 0.3) is 0 Å². The van der Waals surface area contributed by atoms with Crippen molar-refractivity contribution in [1.29, 1.82) is 0 Å². The van der Waals surface area contributed by atoms with Crippen LogP contribution in [0.3, 0.4) is 0 Å². The molecule has 0 amide bonds. The number of hydrogen-bond acceptors (Lipinski definition) is 2. The van der Waals surface area contributed by atoms with Crippen LogP contribution in [0.4, 0.5) is 0 Å². The summed E-state index contributed by atoms with van der Waals surface area (Å²) in [6, 6.07) is 8.79. The average Bonchev–Trinajstić information content (AvgIpc) is 2.75. The van der Waals surface area contributed by atoms with Gasteiger partial charge in [0.05, 0.1) is 0 Å². The number of rotatable bonds is 4. The van der Waals surface area contributed by atoms with E-state index in [4.69, 9.17) is 0 Å². The molecule has 0 spiro atoms. The molecule has 1 fully saturated rings. The summed E-state index contributed by atoms with van der Waals surface area (Å²) in [6.07, 6.45) is 2.46. The maximum absolute atomic E-state index is 2.61. The van der Waals surface area contributed by atoms with E-state index in [0.29, 0.717) is 0 Å². The van der Waals surface area contributed by atoms with E-state index in [1.807, 2.05) is 0 Å². The van der Waals surface area contributed by atoms with Crippen LogP contribution >= 0.6 is 0 Å². The first kappa shape index (κ1) is 14.6. The Labute approximate surface area is 128 Å². The minimum atomic E-state index is 1.19. The quantitative estimate of drug-likeness (QED) is 0.855. The fourth-order valence-corrected chi connectivity index (χ4v) is 3.47. The van der Waals surface area contributed by atoms with Gasteiger partial charge in [-0.1, -0.05) is 18.2 Å². The third-order valence-corrected chi connectivity index (χ3v) is 5.03. The van der Waals surface area contributed by atoms with Crippen molar-refractivity contribution in [2.45, 2.75) is 19.8 Å². The minimum absolute atomic E-state index is 1.19. The van der Waals surface area contributed by atoms with Crippen molar-refractivity contribution < 1.29 is 0 Å². The van der Waals surface area contributed by atoms with Gasteiger partial charge >= 0.3 is 0 Å². The number of likely N-dealkylation sites (N-methyl/N-ethyl adjacent to an activating group) is 1. The molecule has 1 aromatic carbocycles. The molecule has 0 radical (unpaired) electrons. The second-order valence-corrected chi connectivity index (χ2v) is 6.39. The molecule has 3 heteroatoms. The van der Waals surface area contributed by atoms with Gasteiger partial charge < -0.3 is 14.4 Å². The lowest BCUT2D eigenvalue weighted by molar-refractivity contribution is 0.153. The van der Waals surface area contributed by atoms with E-state index in [2.05, 4.69) is 59.7 Å². The number of nitrogens with zero attached hydrogens (tertiary/aromatic N) is 3. The lowest BCUT2D eigenvalue weighted by Crippen LogP contribution is -2.44. The zero-order chi connectivity index (χ0) is 14.8. The van der Waals surface area contributed by atoms with Crippen molar-refractivity contribution in [2.24, 2.45) is 7.05 Å².